The number of hydrogen-bond donors (Lipinski definition) is 4. The normalized spacial score (nSPS) is 18.5. The van der Waals surface area contributed by atoms with Gasteiger partial charge in [-0.25, -0.2) is 4.98 Å². The molecule has 0 aliphatic carbocycles. The van der Waals surface area contributed by atoms with E-state index in [9.17, 15) is 19.8 Å². The molecule has 4 atom stereocenters. The largest absolute Gasteiger partial charge is 0.507 e. The molecular weight excluding hydrogens is 747 g/mol. The van der Waals surface area contributed by atoms with Gasteiger partial charge in [-0.1, -0.05) is 32.0 Å². The van der Waals surface area contributed by atoms with Gasteiger partial charge < -0.3 is 34.7 Å². The first-order chi connectivity index (χ1) is 27.5. The number of hydrogen-bond acceptors (Lipinski definition) is 13. The third-order valence-corrected chi connectivity index (χ3v) is 11.8. The summed E-state index contributed by atoms with van der Waals surface area (Å²) in [6.07, 6.45) is 1.04. The molecule has 16 heteroatoms. The molecule has 5 aromatic heterocycles. The van der Waals surface area contributed by atoms with Crippen molar-refractivity contribution in [3.05, 3.63) is 89.0 Å². The first kappa shape index (κ1) is 38.2. The molecule has 0 radical (unpaired) electrons. The van der Waals surface area contributed by atoms with E-state index >= 15 is 0 Å². The Hall–Kier alpha value is -5.71. The summed E-state index contributed by atoms with van der Waals surface area (Å²) in [4.78, 5) is 44.7. The molecular formula is C41H45N9O6S. The smallest absolute Gasteiger partial charge is 0.254 e. The van der Waals surface area contributed by atoms with E-state index in [0.29, 0.717) is 41.7 Å². The van der Waals surface area contributed by atoms with Gasteiger partial charge in [-0.3, -0.25) is 19.5 Å². The summed E-state index contributed by atoms with van der Waals surface area (Å²) < 4.78 is 11.6. The van der Waals surface area contributed by atoms with E-state index in [4.69, 9.17) is 9.26 Å². The Kier molecular flexibility index (Phi) is 10.7. The van der Waals surface area contributed by atoms with Crippen LogP contribution in [0.25, 0.3) is 32.9 Å². The molecule has 8 rings (SSSR count). The minimum absolute atomic E-state index is 0.0402. The van der Waals surface area contributed by atoms with Gasteiger partial charge in [0.15, 0.2) is 11.4 Å². The number of pyridine rings is 1. The highest BCUT2D eigenvalue weighted by Crippen LogP contribution is 2.34. The van der Waals surface area contributed by atoms with Crippen LogP contribution >= 0.6 is 11.3 Å². The number of aliphatic hydroxyl groups excluding tert-OH is 1. The highest BCUT2D eigenvalue weighted by Gasteiger charge is 2.43. The predicted octanol–water partition coefficient (Wildman–Crippen LogP) is 5.20. The van der Waals surface area contributed by atoms with Crippen LogP contribution in [-0.2, 0) is 9.59 Å². The van der Waals surface area contributed by atoms with E-state index < -0.39 is 18.1 Å². The number of thiazole rings is 1. The van der Waals surface area contributed by atoms with E-state index in [1.165, 1.54) is 16.2 Å². The number of carbonyl (C=O) groups is 2. The maximum absolute atomic E-state index is 14.1. The third kappa shape index (κ3) is 7.97. The van der Waals surface area contributed by atoms with Crippen molar-refractivity contribution in [2.24, 2.45) is 5.92 Å². The van der Waals surface area contributed by atoms with Crippen molar-refractivity contribution in [2.75, 3.05) is 32.8 Å². The first-order valence-electron chi connectivity index (χ1n) is 19.1. The SMILES string of the molecule is Cc1ncsc1-c1ccc([C@H](C)NC(=O)[C@@H]2C[C@@H](O)CN2C(=O)[C@H](c2cc(OCCN3CC(c4cc5cc(-c6ccccc6O)nnc5[nH]4)C3)no2)C(C)C)cn1. The number of benzene rings is 1. The summed E-state index contributed by atoms with van der Waals surface area (Å²) in [7, 11) is 0. The number of amides is 2. The Morgan fingerprint density at radius 1 is 1.05 bits per heavy atom. The molecule has 1 aromatic carbocycles. The average molecular weight is 792 g/mol. The van der Waals surface area contributed by atoms with Gasteiger partial charge in [0.1, 0.15) is 24.3 Å². The molecule has 2 fully saturated rings. The van der Waals surface area contributed by atoms with Crippen molar-refractivity contribution in [1.29, 1.82) is 0 Å². The number of phenols is 1. The molecule has 2 saturated heterocycles. The van der Waals surface area contributed by atoms with Gasteiger partial charge in [0.2, 0.25) is 11.8 Å². The second-order valence-corrected chi connectivity index (χ2v) is 16.1. The monoisotopic (exact) mass is 791 g/mol. The zero-order chi connectivity index (χ0) is 39.8. The first-order valence-corrected chi connectivity index (χ1v) is 20.0. The number of aliphatic hydroxyl groups is 1. The zero-order valence-corrected chi connectivity index (χ0v) is 32.9. The lowest BCUT2D eigenvalue weighted by Gasteiger charge is -2.38. The molecule has 0 saturated carbocycles. The van der Waals surface area contributed by atoms with Crippen LogP contribution in [0.2, 0.25) is 0 Å². The van der Waals surface area contributed by atoms with Crippen molar-refractivity contribution in [2.45, 2.75) is 64.1 Å². The Morgan fingerprint density at radius 3 is 2.61 bits per heavy atom. The fraction of sp³-hybridized carbons (Fsp3) is 0.390. The lowest BCUT2D eigenvalue weighted by molar-refractivity contribution is -0.141. The number of ether oxygens (including phenoxy) is 1. The van der Waals surface area contributed by atoms with Gasteiger partial charge in [0.05, 0.1) is 39.6 Å². The molecule has 7 heterocycles. The number of aromatic nitrogens is 6. The molecule has 2 aliphatic rings. The highest BCUT2D eigenvalue weighted by atomic mass is 32.1. The van der Waals surface area contributed by atoms with Gasteiger partial charge >= 0.3 is 0 Å². The van der Waals surface area contributed by atoms with E-state index in [0.717, 1.165) is 46.0 Å². The number of aromatic hydroxyl groups is 1. The Bertz CT molecular complexity index is 2370. The number of nitrogens with one attached hydrogen (secondary N) is 2. The van der Waals surface area contributed by atoms with E-state index in [-0.39, 0.29) is 48.4 Å². The van der Waals surface area contributed by atoms with Crippen LogP contribution in [0.4, 0.5) is 0 Å². The summed E-state index contributed by atoms with van der Waals surface area (Å²) in [6, 6.07) is 15.4. The lowest BCUT2D eigenvalue weighted by atomic mass is 9.91. The molecule has 57 heavy (non-hydrogen) atoms. The van der Waals surface area contributed by atoms with Crippen molar-refractivity contribution in [3.8, 4) is 33.5 Å². The van der Waals surface area contributed by atoms with Gasteiger partial charge in [0, 0.05) is 67.4 Å². The van der Waals surface area contributed by atoms with Gasteiger partial charge in [-0.05, 0) is 60.8 Å². The van der Waals surface area contributed by atoms with Crippen molar-refractivity contribution < 1.29 is 29.1 Å². The van der Waals surface area contributed by atoms with E-state index in [2.05, 4.69) is 46.6 Å². The summed E-state index contributed by atoms with van der Waals surface area (Å²) in [6.45, 7) is 10.4. The van der Waals surface area contributed by atoms with Gasteiger partial charge in [-0.15, -0.1) is 21.5 Å². The van der Waals surface area contributed by atoms with Crippen LogP contribution in [0.3, 0.4) is 0 Å². The number of β-amino-alcohol motifs (C(OH)–C–C–N with tert-alkyl or cyclic N) is 1. The van der Waals surface area contributed by atoms with Gasteiger partial charge in [-0.2, -0.15) is 0 Å². The van der Waals surface area contributed by atoms with Crippen molar-refractivity contribution >= 4 is 34.2 Å². The fourth-order valence-corrected chi connectivity index (χ4v) is 8.45. The number of fused-ring (bicyclic) bond motifs is 1. The van der Waals surface area contributed by atoms with Crippen molar-refractivity contribution in [1.82, 2.24) is 45.4 Å². The zero-order valence-electron chi connectivity index (χ0n) is 32.1. The second kappa shape index (κ2) is 16.0. The summed E-state index contributed by atoms with van der Waals surface area (Å²) in [5.74, 6) is -0.470. The Labute approximate surface area is 333 Å². The van der Waals surface area contributed by atoms with Crippen LogP contribution < -0.4 is 10.1 Å². The summed E-state index contributed by atoms with van der Waals surface area (Å²) >= 11 is 1.53. The predicted molar refractivity (Wildman–Crippen MR) is 213 cm³/mol. The van der Waals surface area contributed by atoms with Gasteiger partial charge in [0.25, 0.3) is 5.88 Å². The number of phenolic OH excluding ortho intramolecular Hbond substituents is 1. The lowest BCUT2D eigenvalue weighted by Crippen LogP contribution is -2.48. The summed E-state index contributed by atoms with van der Waals surface area (Å²) in [5.41, 5.74) is 7.39. The van der Waals surface area contributed by atoms with E-state index in [1.807, 2.05) is 58.0 Å². The molecule has 0 bridgehead atoms. The Morgan fingerprint density at radius 2 is 1.88 bits per heavy atom. The number of nitrogens with zero attached hydrogens (tertiary/aromatic N) is 7. The topological polar surface area (TPSA) is 196 Å². The maximum Gasteiger partial charge on any atom is 0.254 e. The molecule has 2 amide bonds. The van der Waals surface area contributed by atoms with Crippen LogP contribution in [0.5, 0.6) is 11.6 Å². The number of H-pyrrole nitrogens is 1. The number of aromatic amines is 1. The number of para-hydroxylation sites is 1. The Balaban J connectivity index is 0.838. The van der Waals surface area contributed by atoms with E-state index in [1.54, 1.807) is 29.9 Å². The van der Waals surface area contributed by atoms with Crippen LogP contribution in [0.15, 0.2) is 70.8 Å². The minimum Gasteiger partial charge on any atom is -0.507 e. The summed E-state index contributed by atoms with van der Waals surface area (Å²) in [5, 5.41) is 37.6. The quantitative estimate of drug-likeness (QED) is 0.120. The van der Waals surface area contributed by atoms with Crippen LogP contribution in [-0.4, -0.2) is 107 Å². The number of carbonyl (C=O) groups excluding carboxylic acids is 2. The maximum atomic E-state index is 14.1. The van der Waals surface area contributed by atoms with Crippen molar-refractivity contribution in [3.63, 3.8) is 0 Å². The minimum atomic E-state index is -0.846. The second-order valence-electron chi connectivity index (χ2n) is 15.2. The molecule has 4 N–H and O–H groups in total. The molecule has 6 aromatic rings. The number of aryl methyl sites for hydroxylation is 1. The third-order valence-electron chi connectivity index (χ3n) is 10.9. The molecule has 2 aliphatic heterocycles. The van der Waals surface area contributed by atoms with Crippen LogP contribution in [0.1, 0.15) is 67.8 Å². The number of rotatable bonds is 13. The average Bonchev–Trinajstić information content (AvgIpc) is 3.99. The standard InChI is InChI=1S/C41H45N9O6S/c1-22(2)37(41(54)50-20-28(51)15-33(50)40(53)44-23(3)25-9-10-30(42-17-25)38-24(4)43-21-57-38)35-16-36(48-56-35)55-12-11-49-18-27(19-49)31-13-26-14-32(46-47-39(26)45-31)29-7-5-6-8-34(29)52/h5-10,13-14,16-17,21-23,27-28,33,37,51-52H,11-12,15,18-20H2,1-4H3,(H,44,53)(H,45,47)/t23-,28+,33-,37-/m0/s1. The molecule has 0 spiro atoms. The molecule has 15 nitrogen and oxygen atoms in total. The molecule has 0 unspecified atom stereocenters. The van der Waals surface area contributed by atoms with Crippen LogP contribution in [0, 0.1) is 12.8 Å². The number of likely N-dealkylation sites (tertiary alicyclic amines) is 2. The molecule has 296 valence electrons. The highest BCUT2D eigenvalue weighted by molar-refractivity contribution is 7.13. The fourth-order valence-electron chi connectivity index (χ4n) is 7.67.